The second-order valence-corrected chi connectivity index (χ2v) is 7.41. The van der Waals surface area contributed by atoms with Crippen molar-refractivity contribution in [3.05, 3.63) is 33.9 Å². The Morgan fingerprint density at radius 2 is 2.23 bits per heavy atom. The third-order valence-electron chi connectivity index (χ3n) is 3.27. The van der Waals surface area contributed by atoms with Gasteiger partial charge in [-0.3, -0.25) is 14.9 Å². The molecule has 1 aromatic carbocycles. The molecule has 0 radical (unpaired) electrons. The summed E-state index contributed by atoms with van der Waals surface area (Å²) in [4.78, 5) is 22.1. The van der Waals surface area contributed by atoms with Gasteiger partial charge in [-0.25, -0.2) is 8.42 Å². The molecule has 0 spiro atoms. The van der Waals surface area contributed by atoms with Crippen molar-refractivity contribution < 1.29 is 22.9 Å². The molecule has 1 aromatic rings. The number of hydrogen-bond acceptors (Lipinski definition) is 6. The fraction of sp³-hybridized carbons (Fsp3) is 0.462. The Morgan fingerprint density at radius 3 is 2.82 bits per heavy atom. The third-order valence-corrected chi connectivity index (χ3v) is 5.04. The highest BCUT2D eigenvalue weighted by Crippen LogP contribution is 2.27. The molecular formula is C13H16N2O6S. The number of sulfone groups is 1. The van der Waals surface area contributed by atoms with Crippen molar-refractivity contribution in [1.82, 2.24) is 5.32 Å². The second-order valence-electron chi connectivity index (χ2n) is 5.18. The zero-order valence-corrected chi connectivity index (χ0v) is 12.8. The first-order valence-electron chi connectivity index (χ1n) is 6.64. The van der Waals surface area contributed by atoms with Crippen molar-refractivity contribution in [3.8, 4) is 5.75 Å². The zero-order valence-electron chi connectivity index (χ0n) is 11.9. The smallest absolute Gasteiger partial charge is 0.311 e. The molecular weight excluding hydrogens is 312 g/mol. The van der Waals surface area contributed by atoms with E-state index in [0.717, 1.165) is 0 Å². The van der Waals surface area contributed by atoms with Crippen molar-refractivity contribution in [3.63, 3.8) is 0 Å². The molecule has 0 saturated carbocycles. The number of rotatable bonds is 5. The normalized spacial score (nSPS) is 19.6. The van der Waals surface area contributed by atoms with Gasteiger partial charge in [-0.05, 0) is 25.0 Å². The summed E-state index contributed by atoms with van der Waals surface area (Å²) in [6.45, 7) is 1.31. The second kappa shape index (κ2) is 6.30. The Kier molecular flexibility index (Phi) is 4.65. The van der Waals surface area contributed by atoms with E-state index >= 15 is 0 Å². The molecule has 0 unspecified atom stereocenters. The molecule has 1 aliphatic heterocycles. The van der Waals surface area contributed by atoms with Crippen molar-refractivity contribution in [2.24, 2.45) is 0 Å². The first-order chi connectivity index (χ1) is 10.3. The van der Waals surface area contributed by atoms with E-state index in [0.29, 0.717) is 12.0 Å². The van der Waals surface area contributed by atoms with Crippen LogP contribution in [0.5, 0.6) is 5.75 Å². The fourth-order valence-electron chi connectivity index (χ4n) is 2.21. The number of ether oxygens (including phenoxy) is 1. The van der Waals surface area contributed by atoms with Crippen LogP contribution in [0.15, 0.2) is 18.2 Å². The first-order valence-corrected chi connectivity index (χ1v) is 8.46. The SMILES string of the molecule is Cc1ccc(OCC(=O)N[C@@H]2CCS(=O)(=O)C2)c([N+](=O)[O-])c1. The maximum atomic E-state index is 11.7. The summed E-state index contributed by atoms with van der Waals surface area (Å²) in [7, 11) is -3.08. The van der Waals surface area contributed by atoms with E-state index in [1.165, 1.54) is 12.1 Å². The number of nitro groups is 1. The minimum atomic E-state index is -3.08. The van der Waals surface area contributed by atoms with Crippen LogP contribution in [-0.4, -0.2) is 43.4 Å². The van der Waals surface area contributed by atoms with E-state index in [4.69, 9.17) is 4.74 Å². The predicted octanol–water partition coefficient (Wildman–Crippen LogP) is 0.585. The van der Waals surface area contributed by atoms with Gasteiger partial charge in [0.2, 0.25) is 0 Å². The molecule has 1 saturated heterocycles. The number of nitrogens with one attached hydrogen (secondary N) is 1. The zero-order chi connectivity index (χ0) is 16.3. The quantitative estimate of drug-likeness (QED) is 0.624. The molecule has 0 bridgehead atoms. The lowest BCUT2D eigenvalue weighted by Crippen LogP contribution is -2.38. The summed E-state index contributed by atoms with van der Waals surface area (Å²) in [5.74, 6) is -0.521. The third kappa shape index (κ3) is 4.17. The Hall–Kier alpha value is -2.16. The van der Waals surface area contributed by atoms with Crippen LogP contribution >= 0.6 is 0 Å². The van der Waals surface area contributed by atoms with Gasteiger partial charge in [-0.1, -0.05) is 6.07 Å². The Morgan fingerprint density at radius 1 is 1.50 bits per heavy atom. The molecule has 8 nitrogen and oxygen atoms in total. The van der Waals surface area contributed by atoms with Gasteiger partial charge in [-0.15, -0.1) is 0 Å². The van der Waals surface area contributed by atoms with Gasteiger partial charge in [-0.2, -0.15) is 0 Å². The lowest BCUT2D eigenvalue weighted by Gasteiger charge is -2.11. The Balaban J connectivity index is 1.93. The topological polar surface area (TPSA) is 116 Å². The van der Waals surface area contributed by atoms with Crippen molar-refractivity contribution in [2.45, 2.75) is 19.4 Å². The van der Waals surface area contributed by atoms with Crippen LogP contribution in [-0.2, 0) is 14.6 Å². The number of amides is 1. The largest absolute Gasteiger partial charge is 0.477 e. The average molecular weight is 328 g/mol. The monoisotopic (exact) mass is 328 g/mol. The number of hydrogen-bond donors (Lipinski definition) is 1. The molecule has 1 aliphatic rings. The summed E-state index contributed by atoms with van der Waals surface area (Å²) < 4.78 is 27.8. The van der Waals surface area contributed by atoms with E-state index in [1.54, 1.807) is 13.0 Å². The summed E-state index contributed by atoms with van der Waals surface area (Å²) in [6.07, 6.45) is 0.374. The number of aryl methyl sites for hydroxylation is 1. The van der Waals surface area contributed by atoms with E-state index in [1.807, 2.05) is 0 Å². The average Bonchev–Trinajstić information content (AvgIpc) is 2.76. The summed E-state index contributed by atoms with van der Waals surface area (Å²) in [6, 6.07) is 4.01. The molecule has 2 rings (SSSR count). The van der Waals surface area contributed by atoms with Gasteiger partial charge < -0.3 is 10.1 Å². The van der Waals surface area contributed by atoms with Crippen molar-refractivity contribution in [1.29, 1.82) is 0 Å². The maximum absolute atomic E-state index is 11.7. The molecule has 9 heteroatoms. The molecule has 1 N–H and O–H groups in total. The van der Waals surface area contributed by atoms with Gasteiger partial charge >= 0.3 is 5.69 Å². The Labute approximate surface area is 127 Å². The number of carbonyl (C=O) groups is 1. The summed E-state index contributed by atoms with van der Waals surface area (Å²) in [5.41, 5.74) is 0.496. The molecule has 1 heterocycles. The first kappa shape index (κ1) is 16.2. The minimum absolute atomic E-state index is 0.00444. The highest BCUT2D eigenvalue weighted by molar-refractivity contribution is 7.91. The standard InChI is InChI=1S/C13H16N2O6S/c1-9-2-3-12(11(6-9)15(17)18)21-7-13(16)14-10-4-5-22(19,20)8-10/h2-3,6,10H,4-5,7-8H2,1H3,(H,14,16)/t10-/m1/s1. The lowest BCUT2D eigenvalue weighted by molar-refractivity contribution is -0.385. The molecule has 0 aromatic heterocycles. The fourth-order valence-corrected chi connectivity index (χ4v) is 3.89. The van der Waals surface area contributed by atoms with E-state index in [-0.39, 0.29) is 22.9 Å². The molecule has 0 aliphatic carbocycles. The van der Waals surface area contributed by atoms with Crippen LogP contribution in [0.3, 0.4) is 0 Å². The highest BCUT2D eigenvalue weighted by atomic mass is 32.2. The molecule has 1 amide bonds. The minimum Gasteiger partial charge on any atom is -0.477 e. The molecule has 1 atom stereocenters. The highest BCUT2D eigenvalue weighted by Gasteiger charge is 2.29. The molecule has 1 fully saturated rings. The van der Waals surface area contributed by atoms with Gasteiger partial charge in [0.05, 0.1) is 16.4 Å². The van der Waals surface area contributed by atoms with E-state index < -0.39 is 33.3 Å². The molecule has 22 heavy (non-hydrogen) atoms. The van der Waals surface area contributed by atoms with Crippen LogP contribution in [0.4, 0.5) is 5.69 Å². The van der Waals surface area contributed by atoms with Crippen molar-refractivity contribution >= 4 is 21.4 Å². The predicted molar refractivity (Wildman–Crippen MR) is 78.5 cm³/mol. The van der Waals surface area contributed by atoms with E-state index in [9.17, 15) is 23.3 Å². The van der Waals surface area contributed by atoms with Gasteiger partial charge in [0.25, 0.3) is 5.91 Å². The Bertz CT molecular complexity index is 700. The number of nitrogens with zero attached hydrogens (tertiary/aromatic N) is 1. The van der Waals surface area contributed by atoms with Crippen LogP contribution in [0.2, 0.25) is 0 Å². The summed E-state index contributed by atoms with van der Waals surface area (Å²) >= 11 is 0. The van der Waals surface area contributed by atoms with Gasteiger partial charge in [0, 0.05) is 12.1 Å². The lowest BCUT2D eigenvalue weighted by atomic mass is 10.2. The number of benzene rings is 1. The van der Waals surface area contributed by atoms with Gasteiger partial charge in [0.15, 0.2) is 22.2 Å². The van der Waals surface area contributed by atoms with Crippen molar-refractivity contribution in [2.75, 3.05) is 18.1 Å². The van der Waals surface area contributed by atoms with Gasteiger partial charge in [0.1, 0.15) is 0 Å². The van der Waals surface area contributed by atoms with Crippen LogP contribution in [0, 0.1) is 17.0 Å². The van der Waals surface area contributed by atoms with E-state index in [2.05, 4.69) is 5.32 Å². The maximum Gasteiger partial charge on any atom is 0.311 e. The van der Waals surface area contributed by atoms with Crippen LogP contribution < -0.4 is 10.1 Å². The molecule has 120 valence electrons. The summed E-state index contributed by atoms with van der Waals surface area (Å²) in [5, 5.41) is 13.5. The number of carbonyl (C=O) groups excluding carboxylic acids is 1. The van der Waals surface area contributed by atoms with Crippen LogP contribution in [0.25, 0.3) is 0 Å². The number of nitro benzene ring substituents is 1. The van der Waals surface area contributed by atoms with Crippen LogP contribution in [0.1, 0.15) is 12.0 Å².